The molecule has 2 aromatic heterocycles. The predicted octanol–water partition coefficient (Wildman–Crippen LogP) is 3.25. The second-order valence-electron chi connectivity index (χ2n) is 4.60. The Morgan fingerprint density at radius 1 is 1.29 bits per heavy atom. The third kappa shape index (κ3) is 2.61. The van der Waals surface area contributed by atoms with Crippen LogP contribution in [0.3, 0.4) is 0 Å². The molecule has 4 rings (SSSR count). The van der Waals surface area contributed by atoms with Gasteiger partial charge in [-0.05, 0) is 12.1 Å². The van der Waals surface area contributed by atoms with Crippen LogP contribution < -0.4 is 5.56 Å². The zero-order valence-electron chi connectivity index (χ0n) is 11.0. The lowest BCUT2D eigenvalue weighted by atomic mass is 10.3. The second kappa shape index (κ2) is 5.47. The fraction of sp³-hybridized carbons (Fsp3) is 0.214. The first-order valence-electron chi connectivity index (χ1n) is 6.51. The van der Waals surface area contributed by atoms with E-state index in [0.29, 0.717) is 5.75 Å². The Morgan fingerprint density at radius 2 is 2.19 bits per heavy atom. The minimum Gasteiger partial charge on any atom is -0.287 e. The van der Waals surface area contributed by atoms with E-state index in [4.69, 9.17) is 0 Å². The number of hydrogen-bond acceptors (Lipinski definition) is 6. The van der Waals surface area contributed by atoms with Crippen molar-refractivity contribution in [2.45, 2.75) is 21.8 Å². The summed E-state index contributed by atoms with van der Waals surface area (Å²) in [4.78, 5) is 21.1. The Bertz CT molecular complexity index is 838. The summed E-state index contributed by atoms with van der Waals surface area (Å²) in [6.45, 7) is 0.775. The summed E-state index contributed by atoms with van der Waals surface area (Å²) in [5, 5.41) is 0.849. The molecule has 106 valence electrons. The molecule has 1 aromatic carbocycles. The van der Waals surface area contributed by atoms with Gasteiger partial charge in [-0.2, -0.15) is 0 Å². The number of thioether (sulfide) groups is 2. The van der Waals surface area contributed by atoms with Crippen LogP contribution in [0.1, 0.15) is 5.69 Å². The van der Waals surface area contributed by atoms with E-state index in [9.17, 15) is 4.79 Å². The fourth-order valence-corrected chi connectivity index (χ4v) is 5.13. The zero-order valence-corrected chi connectivity index (χ0v) is 13.4. The van der Waals surface area contributed by atoms with Gasteiger partial charge < -0.3 is 0 Å². The summed E-state index contributed by atoms with van der Waals surface area (Å²) < 4.78 is 3.96. The Hall–Kier alpha value is -1.31. The first-order valence-corrected chi connectivity index (χ1v) is 9.30. The maximum Gasteiger partial charge on any atom is 0.254 e. The molecule has 0 fully saturated rings. The van der Waals surface area contributed by atoms with Crippen LogP contribution in [0, 0.1) is 0 Å². The number of rotatable bonds is 3. The summed E-state index contributed by atoms with van der Waals surface area (Å²) in [5.74, 6) is 1.63. The molecule has 4 nitrogen and oxygen atoms in total. The van der Waals surface area contributed by atoms with Crippen molar-refractivity contribution in [2.24, 2.45) is 0 Å². The van der Waals surface area contributed by atoms with Crippen molar-refractivity contribution in [1.82, 2.24) is 14.5 Å². The minimum atomic E-state index is 0.0601. The molecule has 0 bridgehead atoms. The van der Waals surface area contributed by atoms with E-state index in [-0.39, 0.29) is 5.56 Å². The highest BCUT2D eigenvalue weighted by Crippen LogP contribution is 2.31. The fourth-order valence-electron chi connectivity index (χ4n) is 2.20. The normalized spacial score (nSPS) is 13.7. The van der Waals surface area contributed by atoms with E-state index >= 15 is 0 Å². The average molecular weight is 333 g/mol. The molecule has 0 amide bonds. The molecule has 21 heavy (non-hydrogen) atoms. The SMILES string of the molecule is O=c1cc(CSc2nc3ccccc3s2)nc2n1CCS2. The van der Waals surface area contributed by atoms with Crippen LogP contribution in [0.5, 0.6) is 0 Å². The lowest BCUT2D eigenvalue weighted by Crippen LogP contribution is -2.20. The molecule has 0 saturated carbocycles. The van der Waals surface area contributed by atoms with E-state index in [1.54, 1.807) is 45.5 Å². The first kappa shape index (κ1) is 13.4. The Balaban J connectivity index is 1.57. The number of fused-ring (bicyclic) bond motifs is 2. The molecular weight excluding hydrogens is 322 g/mol. The Morgan fingerprint density at radius 3 is 3.10 bits per heavy atom. The van der Waals surface area contributed by atoms with Crippen molar-refractivity contribution in [3.05, 3.63) is 46.4 Å². The van der Waals surface area contributed by atoms with Gasteiger partial charge in [-0.15, -0.1) is 11.3 Å². The third-order valence-corrected chi connectivity index (χ3v) is 6.36. The summed E-state index contributed by atoms with van der Waals surface area (Å²) in [7, 11) is 0. The minimum absolute atomic E-state index is 0.0601. The second-order valence-corrected chi connectivity index (χ2v) is 7.92. The van der Waals surface area contributed by atoms with Crippen molar-refractivity contribution in [2.75, 3.05) is 5.75 Å². The number of benzene rings is 1. The van der Waals surface area contributed by atoms with Gasteiger partial charge in [0.2, 0.25) is 0 Å². The smallest absolute Gasteiger partial charge is 0.254 e. The molecule has 0 unspecified atom stereocenters. The maximum atomic E-state index is 12.0. The van der Waals surface area contributed by atoms with Crippen molar-refractivity contribution in [3.63, 3.8) is 0 Å². The molecule has 3 aromatic rings. The van der Waals surface area contributed by atoms with Crippen LogP contribution in [0.25, 0.3) is 10.2 Å². The van der Waals surface area contributed by atoms with E-state index in [1.165, 1.54) is 4.70 Å². The number of hydrogen-bond donors (Lipinski definition) is 0. The summed E-state index contributed by atoms with van der Waals surface area (Å²) in [5.41, 5.74) is 1.93. The van der Waals surface area contributed by atoms with Crippen LogP contribution >= 0.6 is 34.9 Å². The highest BCUT2D eigenvalue weighted by Gasteiger charge is 2.15. The number of thiazole rings is 1. The van der Waals surface area contributed by atoms with Gasteiger partial charge in [0.25, 0.3) is 5.56 Å². The average Bonchev–Trinajstić information content (AvgIpc) is 3.11. The van der Waals surface area contributed by atoms with E-state index in [0.717, 1.165) is 33.0 Å². The number of nitrogens with zero attached hydrogens (tertiary/aromatic N) is 3. The topological polar surface area (TPSA) is 47.8 Å². The standard InChI is InChI=1S/C14H11N3OS3/c18-12-7-9(15-13-17(12)5-6-19-13)8-20-14-16-10-3-1-2-4-11(10)21-14/h1-4,7H,5-6,8H2. The van der Waals surface area contributed by atoms with Crippen molar-refractivity contribution >= 4 is 45.1 Å². The highest BCUT2D eigenvalue weighted by molar-refractivity contribution is 8.00. The van der Waals surface area contributed by atoms with Gasteiger partial charge in [-0.1, -0.05) is 35.7 Å². The summed E-state index contributed by atoms with van der Waals surface area (Å²) >= 11 is 4.97. The van der Waals surface area contributed by atoms with Crippen LogP contribution in [0.15, 0.2) is 44.6 Å². The van der Waals surface area contributed by atoms with Gasteiger partial charge in [-0.3, -0.25) is 9.36 Å². The van der Waals surface area contributed by atoms with Gasteiger partial charge in [0.05, 0.1) is 15.9 Å². The van der Waals surface area contributed by atoms with Gasteiger partial charge >= 0.3 is 0 Å². The van der Waals surface area contributed by atoms with Gasteiger partial charge in [0.15, 0.2) is 9.50 Å². The Kier molecular flexibility index (Phi) is 3.48. The molecule has 0 radical (unpaired) electrons. The quantitative estimate of drug-likeness (QED) is 0.544. The lowest BCUT2D eigenvalue weighted by Gasteiger charge is -2.03. The van der Waals surface area contributed by atoms with Crippen LogP contribution in [0.4, 0.5) is 0 Å². The molecule has 0 N–H and O–H groups in total. The van der Waals surface area contributed by atoms with Crippen LogP contribution in [0.2, 0.25) is 0 Å². The molecular formula is C14H11N3OS3. The largest absolute Gasteiger partial charge is 0.287 e. The monoisotopic (exact) mass is 333 g/mol. The van der Waals surface area contributed by atoms with Crippen LogP contribution in [-0.2, 0) is 12.3 Å². The number of aromatic nitrogens is 3. The van der Waals surface area contributed by atoms with E-state index in [2.05, 4.69) is 16.0 Å². The first-order chi connectivity index (χ1) is 10.3. The summed E-state index contributed by atoms with van der Waals surface area (Å²) in [6, 6.07) is 9.77. The van der Waals surface area contributed by atoms with E-state index in [1.807, 2.05) is 18.2 Å². The highest BCUT2D eigenvalue weighted by atomic mass is 32.2. The van der Waals surface area contributed by atoms with Crippen molar-refractivity contribution < 1.29 is 0 Å². The third-order valence-electron chi connectivity index (χ3n) is 3.19. The molecule has 1 aliphatic rings. The van der Waals surface area contributed by atoms with Gasteiger partial charge in [-0.25, -0.2) is 9.97 Å². The maximum absolute atomic E-state index is 12.0. The molecule has 3 heterocycles. The van der Waals surface area contributed by atoms with Gasteiger partial charge in [0.1, 0.15) is 0 Å². The Labute approximate surface area is 133 Å². The molecule has 0 atom stereocenters. The molecule has 7 heteroatoms. The molecule has 0 aliphatic carbocycles. The zero-order chi connectivity index (χ0) is 14.2. The number of para-hydroxylation sites is 1. The molecule has 0 spiro atoms. The van der Waals surface area contributed by atoms with Crippen LogP contribution in [-0.4, -0.2) is 20.3 Å². The molecule has 1 aliphatic heterocycles. The van der Waals surface area contributed by atoms with E-state index < -0.39 is 0 Å². The van der Waals surface area contributed by atoms with Crippen molar-refractivity contribution in [3.8, 4) is 0 Å². The predicted molar refractivity (Wildman–Crippen MR) is 88.4 cm³/mol. The van der Waals surface area contributed by atoms with Crippen molar-refractivity contribution in [1.29, 1.82) is 0 Å². The summed E-state index contributed by atoms with van der Waals surface area (Å²) in [6.07, 6.45) is 0. The lowest BCUT2D eigenvalue weighted by molar-refractivity contribution is 0.648. The molecule has 0 saturated heterocycles. The van der Waals surface area contributed by atoms with Gasteiger partial charge in [0, 0.05) is 24.1 Å².